The van der Waals surface area contributed by atoms with Crippen LogP contribution in [0.3, 0.4) is 0 Å². The SMILES string of the molecule is BrCCCOc1ccc2c(c1)CCN2. The molecule has 0 atom stereocenters. The Morgan fingerprint density at radius 3 is 3.21 bits per heavy atom. The van der Waals surface area contributed by atoms with Gasteiger partial charge in [0, 0.05) is 17.6 Å². The summed E-state index contributed by atoms with van der Waals surface area (Å²) in [5.74, 6) is 0.994. The third-order valence-electron chi connectivity index (χ3n) is 2.33. The molecule has 0 aromatic heterocycles. The number of ether oxygens (including phenoxy) is 1. The summed E-state index contributed by atoms with van der Waals surface area (Å²) in [5.41, 5.74) is 2.64. The summed E-state index contributed by atoms with van der Waals surface area (Å²) in [7, 11) is 0. The van der Waals surface area contributed by atoms with Crippen molar-refractivity contribution in [3.05, 3.63) is 23.8 Å². The molecule has 1 aliphatic rings. The molecule has 2 nitrogen and oxygen atoms in total. The van der Waals surface area contributed by atoms with Crippen molar-refractivity contribution in [2.75, 3.05) is 23.8 Å². The topological polar surface area (TPSA) is 21.3 Å². The lowest BCUT2D eigenvalue weighted by Gasteiger charge is -2.06. The molecule has 3 heteroatoms. The lowest BCUT2D eigenvalue weighted by Crippen LogP contribution is -1.97. The predicted molar refractivity (Wildman–Crippen MR) is 62.5 cm³/mol. The minimum absolute atomic E-state index is 0.789. The molecule has 1 aromatic carbocycles. The van der Waals surface area contributed by atoms with Crippen LogP contribution >= 0.6 is 15.9 Å². The van der Waals surface area contributed by atoms with Crippen LogP contribution in [-0.4, -0.2) is 18.5 Å². The van der Waals surface area contributed by atoms with E-state index in [1.54, 1.807) is 0 Å². The summed E-state index contributed by atoms with van der Waals surface area (Å²) in [4.78, 5) is 0. The molecule has 0 unspecified atom stereocenters. The van der Waals surface area contributed by atoms with Gasteiger partial charge < -0.3 is 10.1 Å². The highest BCUT2D eigenvalue weighted by atomic mass is 79.9. The number of alkyl halides is 1. The fourth-order valence-corrected chi connectivity index (χ4v) is 1.84. The maximum Gasteiger partial charge on any atom is 0.119 e. The zero-order valence-corrected chi connectivity index (χ0v) is 9.64. The molecular weight excluding hydrogens is 242 g/mol. The van der Waals surface area contributed by atoms with Gasteiger partial charge in [0.05, 0.1) is 6.61 Å². The molecular formula is C11H14BrNO. The van der Waals surface area contributed by atoms with Gasteiger partial charge in [-0.05, 0) is 36.6 Å². The van der Waals surface area contributed by atoms with E-state index >= 15 is 0 Å². The first kappa shape index (κ1) is 9.84. The van der Waals surface area contributed by atoms with Crippen molar-refractivity contribution in [1.82, 2.24) is 0 Å². The number of fused-ring (bicyclic) bond motifs is 1. The second kappa shape index (κ2) is 4.69. The lowest BCUT2D eigenvalue weighted by atomic mass is 10.1. The van der Waals surface area contributed by atoms with Crippen LogP contribution in [-0.2, 0) is 6.42 Å². The van der Waals surface area contributed by atoms with Crippen LogP contribution < -0.4 is 10.1 Å². The fourth-order valence-electron chi connectivity index (χ4n) is 1.62. The van der Waals surface area contributed by atoms with Gasteiger partial charge in [-0.15, -0.1) is 0 Å². The van der Waals surface area contributed by atoms with Crippen molar-refractivity contribution >= 4 is 21.6 Å². The Morgan fingerprint density at radius 1 is 1.43 bits per heavy atom. The van der Waals surface area contributed by atoms with Crippen molar-refractivity contribution in [3.63, 3.8) is 0 Å². The molecule has 0 radical (unpaired) electrons. The summed E-state index contributed by atoms with van der Waals surface area (Å²) in [6.07, 6.45) is 2.17. The second-order valence-electron chi connectivity index (χ2n) is 3.39. The van der Waals surface area contributed by atoms with Crippen molar-refractivity contribution in [3.8, 4) is 5.75 Å². The van der Waals surface area contributed by atoms with Gasteiger partial charge in [0.2, 0.25) is 0 Å². The zero-order valence-electron chi connectivity index (χ0n) is 8.05. The third-order valence-corrected chi connectivity index (χ3v) is 2.89. The van der Waals surface area contributed by atoms with Crippen molar-refractivity contribution in [2.45, 2.75) is 12.8 Å². The molecule has 2 rings (SSSR count). The molecule has 1 aliphatic heterocycles. The maximum absolute atomic E-state index is 5.61. The molecule has 0 bridgehead atoms. The summed E-state index contributed by atoms with van der Waals surface area (Å²) in [6, 6.07) is 6.28. The molecule has 0 spiro atoms. The van der Waals surface area contributed by atoms with E-state index in [1.165, 1.54) is 11.3 Å². The standard InChI is InChI=1S/C11H14BrNO/c12-5-1-7-14-10-2-3-11-9(8-10)4-6-13-11/h2-3,8,13H,1,4-7H2. The fraction of sp³-hybridized carbons (Fsp3) is 0.455. The summed E-state index contributed by atoms with van der Waals surface area (Å²) >= 11 is 3.38. The molecule has 0 saturated heterocycles. The van der Waals surface area contributed by atoms with Crippen LogP contribution in [0.15, 0.2) is 18.2 Å². The molecule has 0 saturated carbocycles. The van der Waals surface area contributed by atoms with Crippen LogP contribution in [0.2, 0.25) is 0 Å². The van der Waals surface area contributed by atoms with Crippen molar-refractivity contribution < 1.29 is 4.74 Å². The Morgan fingerprint density at radius 2 is 2.36 bits per heavy atom. The summed E-state index contributed by atoms with van der Waals surface area (Å²) in [6.45, 7) is 1.84. The van der Waals surface area contributed by atoms with E-state index in [4.69, 9.17) is 4.74 Å². The van der Waals surface area contributed by atoms with E-state index in [0.29, 0.717) is 0 Å². The quantitative estimate of drug-likeness (QED) is 0.660. The van der Waals surface area contributed by atoms with E-state index in [0.717, 1.165) is 37.1 Å². The number of benzene rings is 1. The highest BCUT2D eigenvalue weighted by Gasteiger charge is 2.09. The predicted octanol–water partition coefficient (Wildman–Crippen LogP) is 2.82. The van der Waals surface area contributed by atoms with Gasteiger partial charge in [0.15, 0.2) is 0 Å². The van der Waals surface area contributed by atoms with Gasteiger partial charge in [-0.2, -0.15) is 0 Å². The number of anilines is 1. The van der Waals surface area contributed by atoms with E-state index in [1.807, 2.05) is 6.07 Å². The number of nitrogens with one attached hydrogen (secondary N) is 1. The number of halogens is 1. The Hall–Kier alpha value is -0.700. The van der Waals surface area contributed by atoms with E-state index < -0.39 is 0 Å². The summed E-state index contributed by atoms with van der Waals surface area (Å²) in [5, 5.41) is 4.33. The molecule has 0 aliphatic carbocycles. The van der Waals surface area contributed by atoms with Gasteiger partial charge in [0.1, 0.15) is 5.75 Å². The third kappa shape index (κ3) is 2.21. The first-order chi connectivity index (χ1) is 6.90. The van der Waals surface area contributed by atoms with Gasteiger partial charge in [-0.25, -0.2) is 0 Å². The van der Waals surface area contributed by atoms with Crippen molar-refractivity contribution in [2.24, 2.45) is 0 Å². The largest absolute Gasteiger partial charge is 0.494 e. The van der Waals surface area contributed by atoms with Crippen LogP contribution in [0.4, 0.5) is 5.69 Å². The zero-order chi connectivity index (χ0) is 9.80. The molecule has 0 fully saturated rings. The lowest BCUT2D eigenvalue weighted by molar-refractivity contribution is 0.319. The maximum atomic E-state index is 5.61. The van der Waals surface area contributed by atoms with Crippen LogP contribution in [0.25, 0.3) is 0 Å². The van der Waals surface area contributed by atoms with Crippen molar-refractivity contribution in [1.29, 1.82) is 0 Å². The Balaban J connectivity index is 1.98. The van der Waals surface area contributed by atoms with E-state index in [9.17, 15) is 0 Å². The normalized spacial score (nSPS) is 13.5. The molecule has 14 heavy (non-hydrogen) atoms. The highest BCUT2D eigenvalue weighted by Crippen LogP contribution is 2.26. The van der Waals surface area contributed by atoms with Gasteiger partial charge in [-0.1, -0.05) is 15.9 Å². The number of hydrogen-bond donors (Lipinski definition) is 1. The monoisotopic (exact) mass is 255 g/mol. The first-order valence-corrected chi connectivity index (χ1v) is 6.08. The molecule has 0 amide bonds. The van der Waals surface area contributed by atoms with Gasteiger partial charge in [0.25, 0.3) is 0 Å². The first-order valence-electron chi connectivity index (χ1n) is 4.96. The summed E-state index contributed by atoms with van der Waals surface area (Å²) < 4.78 is 5.61. The second-order valence-corrected chi connectivity index (χ2v) is 4.18. The minimum atomic E-state index is 0.789. The van der Waals surface area contributed by atoms with Gasteiger partial charge >= 0.3 is 0 Å². The van der Waals surface area contributed by atoms with Gasteiger partial charge in [-0.3, -0.25) is 0 Å². The average molecular weight is 256 g/mol. The minimum Gasteiger partial charge on any atom is -0.494 e. The Bertz CT molecular complexity index is 314. The Kier molecular flexibility index (Phi) is 3.30. The van der Waals surface area contributed by atoms with Crippen LogP contribution in [0.1, 0.15) is 12.0 Å². The molecule has 1 heterocycles. The number of rotatable bonds is 4. The average Bonchev–Trinajstić information content (AvgIpc) is 2.65. The molecule has 76 valence electrons. The van der Waals surface area contributed by atoms with Crippen LogP contribution in [0, 0.1) is 0 Å². The van der Waals surface area contributed by atoms with Crippen LogP contribution in [0.5, 0.6) is 5.75 Å². The Labute approximate surface area is 92.8 Å². The van der Waals surface area contributed by atoms with E-state index in [-0.39, 0.29) is 0 Å². The molecule has 1 N–H and O–H groups in total. The smallest absolute Gasteiger partial charge is 0.119 e. The number of hydrogen-bond acceptors (Lipinski definition) is 2. The van der Waals surface area contributed by atoms with E-state index in [2.05, 4.69) is 33.4 Å². The molecule has 1 aromatic rings. The highest BCUT2D eigenvalue weighted by molar-refractivity contribution is 9.09.